The predicted octanol–water partition coefficient (Wildman–Crippen LogP) is 3.85. The van der Waals surface area contributed by atoms with Gasteiger partial charge in [0.25, 0.3) is 0 Å². The first-order chi connectivity index (χ1) is 10.7. The molecule has 0 spiro atoms. The van der Waals surface area contributed by atoms with E-state index >= 15 is 0 Å². The van der Waals surface area contributed by atoms with E-state index in [1.165, 1.54) is 15.1 Å². The van der Waals surface area contributed by atoms with Crippen LogP contribution in [0.4, 0.5) is 5.00 Å². The van der Waals surface area contributed by atoms with Crippen molar-refractivity contribution in [1.29, 1.82) is 0 Å². The van der Waals surface area contributed by atoms with E-state index in [2.05, 4.69) is 11.4 Å². The molecular formula is C16H16N2O2S2. The Hall–Kier alpha value is -1.47. The molecule has 114 valence electrons. The molecule has 0 fully saturated rings. The molecule has 2 N–H and O–H groups in total. The Kier molecular flexibility index (Phi) is 3.62. The van der Waals surface area contributed by atoms with Gasteiger partial charge < -0.3 is 15.2 Å². The molecule has 1 unspecified atom stereocenters. The number of rotatable bonds is 3. The van der Waals surface area contributed by atoms with Crippen LogP contribution >= 0.6 is 22.7 Å². The van der Waals surface area contributed by atoms with Gasteiger partial charge in [-0.05, 0) is 19.1 Å². The van der Waals surface area contributed by atoms with Crippen LogP contribution in [0.2, 0.25) is 0 Å². The number of thiophene rings is 1. The molecule has 22 heavy (non-hydrogen) atoms. The predicted molar refractivity (Wildman–Crippen MR) is 91.6 cm³/mol. The summed E-state index contributed by atoms with van der Waals surface area (Å²) in [6, 6.07) is 8.17. The zero-order chi connectivity index (χ0) is 15.1. The number of aliphatic hydroxyl groups excluding tert-OH is 1. The Bertz CT molecular complexity index is 790. The molecule has 4 nitrogen and oxygen atoms in total. The molecule has 0 bridgehead atoms. The molecule has 3 heterocycles. The Morgan fingerprint density at radius 3 is 3.00 bits per heavy atom. The maximum Gasteiger partial charge on any atom is 0.127 e. The first kappa shape index (κ1) is 14.1. The minimum Gasteiger partial charge on any atom is -0.376 e. The molecule has 3 aromatic rings. The van der Waals surface area contributed by atoms with Crippen LogP contribution in [0.5, 0.6) is 0 Å². The smallest absolute Gasteiger partial charge is 0.127 e. The SMILES string of the molecule is CC(O)Nc1sc2c(c1-c1nc3ccccc3s1)COCC2. The molecule has 4 rings (SSSR count). The molecule has 0 saturated heterocycles. The lowest BCUT2D eigenvalue weighted by Crippen LogP contribution is -2.13. The van der Waals surface area contributed by atoms with E-state index in [1.807, 2.05) is 18.2 Å². The van der Waals surface area contributed by atoms with Gasteiger partial charge in [0.1, 0.15) is 16.2 Å². The van der Waals surface area contributed by atoms with Crippen LogP contribution in [0.25, 0.3) is 20.8 Å². The number of anilines is 1. The number of aliphatic hydroxyl groups is 1. The Morgan fingerprint density at radius 2 is 2.18 bits per heavy atom. The summed E-state index contributed by atoms with van der Waals surface area (Å²) in [6.45, 7) is 3.12. The van der Waals surface area contributed by atoms with Gasteiger partial charge in [-0.2, -0.15) is 0 Å². The van der Waals surface area contributed by atoms with Crippen LogP contribution in [0.3, 0.4) is 0 Å². The number of hydrogen-bond donors (Lipinski definition) is 2. The Balaban J connectivity index is 1.89. The fourth-order valence-electron chi connectivity index (χ4n) is 2.70. The molecule has 1 atom stereocenters. The van der Waals surface area contributed by atoms with E-state index in [0.717, 1.165) is 34.1 Å². The van der Waals surface area contributed by atoms with Crippen molar-refractivity contribution in [3.8, 4) is 10.6 Å². The number of nitrogens with zero attached hydrogens (tertiary/aromatic N) is 1. The van der Waals surface area contributed by atoms with Crippen molar-refractivity contribution in [2.45, 2.75) is 26.2 Å². The van der Waals surface area contributed by atoms with Gasteiger partial charge in [-0.3, -0.25) is 0 Å². The summed E-state index contributed by atoms with van der Waals surface area (Å²) < 4.78 is 6.82. The van der Waals surface area contributed by atoms with Gasteiger partial charge in [-0.15, -0.1) is 22.7 Å². The second-order valence-corrected chi connectivity index (χ2v) is 7.45. The van der Waals surface area contributed by atoms with Crippen molar-refractivity contribution < 1.29 is 9.84 Å². The third-order valence-electron chi connectivity index (χ3n) is 3.66. The fraction of sp³-hybridized carbons (Fsp3) is 0.312. The molecule has 0 amide bonds. The molecule has 0 aliphatic carbocycles. The highest BCUT2D eigenvalue weighted by Gasteiger charge is 2.24. The molecule has 1 aromatic carbocycles. The Labute approximate surface area is 136 Å². The number of benzene rings is 1. The summed E-state index contributed by atoms with van der Waals surface area (Å²) in [5, 5.41) is 14.9. The third kappa shape index (κ3) is 2.42. The summed E-state index contributed by atoms with van der Waals surface area (Å²) in [7, 11) is 0. The summed E-state index contributed by atoms with van der Waals surface area (Å²) in [4.78, 5) is 6.12. The third-order valence-corrected chi connectivity index (χ3v) is 5.94. The molecule has 0 saturated carbocycles. The van der Waals surface area contributed by atoms with E-state index in [0.29, 0.717) is 6.61 Å². The number of hydrogen-bond acceptors (Lipinski definition) is 6. The van der Waals surface area contributed by atoms with Crippen LogP contribution in [-0.2, 0) is 17.8 Å². The molecule has 1 aliphatic heterocycles. The highest BCUT2D eigenvalue weighted by atomic mass is 32.1. The first-order valence-electron chi connectivity index (χ1n) is 7.25. The monoisotopic (exact) mass is 332 g/mol. The van der Waals surface area contributed by atoms with Crippen molar-refractivity contribution in [3.63, 3.8) is 0 Å². The van der Waals surface area contributed by atoms with Gasteiger partial charge in [0.05, 0.1) is 29.0 Å². The quantitative estimate of drug-likeness (QED) is 0.715. The average Bonchev–Trinajstić information content (AvgIpc) is 3.06. The number of para-hydroxylation sites is 1. The van der Waals surface area contributed by atoms with E-state index in [1.54, 1.807) is 29.6 Å². The molecule has 1 aliphatic rings. The number of fused-ring (bicyclic) bond motifs is 2. The van der Waals surface area contributed by atoms with Gasteiger partial charge in [0.15, 0.2) is 0 Å². The van der Waals surface area contributed by atoms with Gasteiger partial charge in [-0.25, -0.2) is 4.98 Å². The molecule has 2 aromatic heterocycles. The minimum absolute atomic E-state index is 0.589. The molecular weight excluding hydrogens is 316 g/mol. The summed E-state index contributed by atoms with van der Waals surface area (Å²) >= 11 is 3.40. The van der Waals surface area contributed by atoms with Crippen molar-refractivity contribution >= 4 is 37.9 Å². The van der Waals surface area contributed by atoms with Crippen molar-refractivity contribution in [2.24, 2.45) is 0 Å². The topological polar surface area (TPSA) is 54.4 Å². The minimum atomic E-state index is -0.589. The lowest BCUT2D eigenvalue weighted by atomic mass is 10.1. The zero-order valence-electron chi connectivity index (χ0n) is 12.1. The van der Waals surface area contributed by atoms with E-state index < -0.39 is 6.23 Å². The highest BCUT2D eigenvalue weighted by Crippen LogP contribution is 2.45. The van der Waals surface area contributed by atoms with Crippen molar-refractivity contribution in [1.82, 2.24) is 4.98 Å². The Morgan fingerprint density at radius 1 is 1.32 bits per heavy atom. The van der Waals surface area contributed by atoms with Gasteiger partial charge in [0.2, 0.25) is 0 Å². The maximum absolute atomic E-state index is 9.73. The van der Waals surface area contributed by atoms with E-state index in [9.17, 15) is 5.11 Å². The lowest BCUT2D eigenvalue weighted by molar-refractivity contribution is 0.112. The van der Waals surface area contributed by atoms with Gasteiger partial charge in [0, 0.05) is 16.9 Å². The fourth-order valence-corrected chi connectivity index (χ4v) is 5.08. The lowest BCUT2D eigenvalue weighted by Gasteiger charge is -2.13. The van der Waals surface area contributed by atoms with E-state index in [4.69, 9.17) is 9.72 Å². The van der Waals surface area contributed by atoms with Crippen molar-refractivity contribution in [2.75, 3.05) is 11.9 Å². The van der Waals surface area contributed by atoms with Gasteiger partial charge >= 0.3 is 0 Å². The number of nitrogens with one attached hydrogen (secondary N) is 1. The highest BCUT2D eigenvalue weighted by molar-refractivity contribution is 7.22. The second-order valence-electron chi connectivity index (χ2n) is 5.32. The van der Waals surface area contributed by atoms with Crippen molar-refractivity contribution in [3.05, 3.63) is 34.7 Å². The van der Waals surface area contributed by atoms with Gasteiger partial charge in [-0.1, -0.05) is 12.1 Å². The van der Waals surface area contributed by atoms with Crippen LogP contribution in [0.15, 0.2) is 24.3 Å². The summed E-state index contributed by atoms with van der Waals surface area (Å²) in [5.41, 5.74) is 3.34. The molecule has 6 heteroatoms. The normalized spacial score (nSPS) is 15.7. The zero-order valence-corrected chi connectivity index (χ0v) is 13.8. The average molecular weight is 332 g/mol. The van der Waals surface area contributed by atoms with Crippen LogP contribution in [-0.4, -0.2) is 22.9 Å². The summed E-state index contributed by atoms with van der Waals surface area (Å²) in [6.07, 6.45) is 0.341. The number of aromatic nitrogens is 1. The van der Waals surface area contributed by atoms with Crippen LogP contribution in [0.1, 0.15) is 17.4 Å². The van der Waals surface area contributed by atoms with E-state index in [-0.39, 0.29) is 0 Å². The number of ether oxygens (including phenoxy) is 1. The number of thiazole rings is 1. The first-order valence-corrected chi connectivity index (χ1v) is 8.88. The van der Waals surface area contributed by atoms with Crippen LogP contribution in [0, 0.1) is 0 Å². The second kappa shape index (κ2) is 5.62. The largest absolute Gasteiger partial charge is 0.376 e. The standard InChI is InChI=1S/C16H16N2O2S2/c1-9(19)17-15-14(10-8-20-7-6-12(10)21-15)16-18-11-4-2-3-5-13(11)22-16/h2-5,9,17,19H,6-8H2,1H3. The maximum atomic E-state index is 9.73. The molecule has 0 radical (unpaired) electrons. The van der Waals surface area contributed by atoms with Crippen LogP contribution < -0.4 is 5.32 Å². The summed E-state index contributed by atoms with van der Waals surface area (Å²) in [5.74, 6) is 0.